The number of carboxylic acids is 1. The van der Waals surface area contributed by atoms with Gasteiger partial charge in [-0.2, -0.15) is 0 Å². The van der Waals surface area contributed by atoms with E-state index in [9.17, 15) is 9.59 Å². The number of nitrogens with zero attached hydrogens (tertiary/aromatic N) is 2. The lowest BCUT2D eigenvalue weighted by atomic mass is 10.1. The minimum atomic E-state index is -0.950. The highest BCUT2D eigenvalue weighted by molar-refractivity contribution is 5.79. The molecule has 0 aliphatic heterocycles. The second-order valence-electron chi connectivity index (χ2n) is 5.78. The van der Waals surface area contributed by atoms with Crippen molar-refractivity contribution in [1.82, 2.24) is 9.55 Å². The lowest BCUT2D eigenvalue weighted by Crippen LogP contribution is -2.25. The molecule has 1 heterocycles. The van der Waals surface area contributed by atoms with E-state index in [0.717, 1.165) is 11.1 Å². The predicted molar refractivity (Wildman–Crippen MR) is 98.4 cm³/mol. The molecule has 5 heteroatoms. The molecular weight excluding hydrogens is 316 g/mol. The highest BCUT2D eigenvalue weighted by Crippen LogP contribution is 2.13. The van der Waals surface area contributed by atoms with Crippen molar-refractivity contribution in [3.8, 4) is 0 Å². The second kappa shape index (κ2) is 7.13. The molecule has 1 N–H and O–H groups in total. The number of para-hydroxylation sites is 1. The third-order valence-electron chi connectivity index (χ3n) is 4.04. The molecule has 0 aliphatic carbocycles. The molecule has 0 saturated heterocycles. The number of aryl methyl sites for hydroxylation is 1. The Morgan fingerprint density at radius 2 is 1.84 bits per heavy atom. The van der Waals surface area contributed by atoms with Gasteiger partial charge in [0.15, 0.2) is 0 Å². The van der Waals surface area contributed by atoms with E-state index in [1.54, 1.807) is 24.3 Å². The highest BCUT2D eigenvalue weighted by atomic mass is 16.4. The van der Waals surface area contributed by atoms with Gasteiger partial charge in [0.25, 0.3) is 5.56 Å². The van der Waals surface area contributed by atoms with E-state index in [4.69, 9.17) is 5.11 Å². The summed E-state index contributed by atoms with van der Waals surface area (Å²) in [6.07, 6.45) is 3.52. The van der Waals surface area contributed by atoms with Gasteiger partial charge in [0.05, 0.1) is 17.3 Å². The van der Waals surface area contributed by atoms with Crippen LogP contribution < -0.4 is 5.56 Å². The van der Waals surface area contributed by atoms with Crippen molar-refractivity contribution < 1.29 is 9.90 Å². The summed E-state index contributed by atoms with van der Waals surface area (Å²) in [5.74, 6) is -0.498. The standard InChI is InChI=1S/C20H18N2O3/c1-14-6-2-3-7-15(14)10-11-18-21-17-9-5-4-8-16(17)20(25)22(18)13-12-19(23)24/h2-11H,12-13H2,1H3,(H,23,24). The van der Waals surface area contributed by atoms with Crippen LogP contribution in [-0.2, 0) is 11.3 Å². The molecule has 126 valence electrons. The quantitative estimate of drug-likeness (QED) is 0.776. The van der Waals surface area contributed by atoms with Gasteiger partial charge < -0.3 is 5.11 Å². The Morgan fingerprint density at radius 3 is 2.60 bits per heavy atom. The zero-order valence-corrected chi connectivity index (χ0v) is 13.8. The van der Waals surface area contributed by atoms with Crippen molar-refractivity contribution >= 4 is 29.0 Å². The second-order valence-corrected chi connectivity index (χ2v) is 5.78. The zero-order chi connectivity index (χ0) is 17.8. The molecule has 25 heavy (non-hydrogen) atoms. The SMILES string of the molecule is Cc1ccccc1C=Cc1nc2ccccc2c(=O)n1CCC(=O)O. The maximum atomic E-state index is 12.7. The first kappa shape index (κ1) is 16.6. The molecule has 0 atom stereocenters. The molecule has 0 unspecified atom stereocenters. The molecule has 0 bridgehead atoms. The van der Waals surface area contributed by atoms with Gasteiger partial charge in [-0.15, -0.1) is 0 Å². The highest BCUT2D eigenvalue weighted by Gasteiger charge is 2.10. The lowest BCUT2D eigenvalue weighted by Gasteiger charge is -2.10. The number of rotatable bonds is 5. The van der Waals surface area contributed by atoms with Crippen LogP contribution in [0.15, 0.2) is 53.3 Å². The third kappa shape index (κ3) is 3.66. The Balaban J connectivity index is 2.11. The van der Waals surface area contributed by atoms with Crippen molar-refractivity contribution in [3.63, 3.8) is 0 Å². The van der Waals surface area contributed by atoms with Crippen LogP contribution in [0.5, 0.6) is 0 Å². The number of aliphatic carboxylic acids is 1. The minimum absolute atomic E-state index is 0.0828. The molecule has 0 spiro atoms. The molecule has 0 amide bonds. The summed E-state index contributed by atoms with van der Waals surface area (Å²) in [4.78, 5) is 28.2. The third-order valence-corrected chi connectivity index (χ3v) is 4.04. The van der Waals surface area contributed by atoms with E-state index >= 15 is 0 Å². The Labute approximate surface area is 144 Å². The maximum absolute atomic E-state index is 12.7. The van der Waals surface area contributed by atoms with Gasteiger partial charge in [0.1, 0.15) is 5.82 Å². The molecular formula is C20H18N2O3. The van der Waals surface area contributed by atoms with Crippen molar-refractivity contribution in [2.45, 2.75) is 19.9 Å². The van der Waals surface area contributed by atoms with Crippen molar-refractivity contribution in [2.24, 2.45) is 0 Å². The van der Waals surface area contributed by atoms with Gasteiger partial charge in [-0.25, -0.2) is 4.98 Å². The molecule has 3 aromatic rings. The summed E-state index contributed by atoms with van der Waals surface area (Å²) >= 11 is 0. The Kier molecular flexibility index (Phi) is 4.75. The number of hydrogen-bond acceptors (Lipinski definition) is 3. The van der Waals surface area contributed by atoms with Crippen molar-refractivity contribution in [1.29, 1.82) is 0 Å². The van der Waals surface area contributed by atoms with Crippen LogP contribution in [0.4, 0.5) is 0 Å². The van der Waals surface area contributed by atoms with E-state index in [-0.39, 0.29) is 18.5 Å². The number of carboxylic acid groups (broad SMARTS) is 1. The summed E-state index contributed by atoms with van der Waals surface area (Å²) in [5, 5.41) is 9.45. The number of aromatic nitrogens is 2. The van der Waals surface area contributed by atoms with Gasteiger partial charge >= 0.3 is 5.97 Å². The van der Waals surface area contributed by atoms with Gasteiger partial charge in [0, 0.05) is 6.54 Å². The van der Waals surface area contributed by atoms with Gasteiger partial charge in [-0.1, -0.05) is 42.5 Å². The molecule has 3 rings (SSSR count). The summed E-state index contributed by atoms with van der Waals surface area (Å²) in [6, 6.07) is 15.0. The summed E-state index contributed by atoms with van der Waals surface area (Å²) < 4.78 is 1.42. The van der Waals surface area contributed by atoms with Gasteiger partial charge in [-0.05, 0) is 36.3 Å². The normalized spacial score (nSPS) is 11.2. The van der Waals surface area contributed by atoms with E-state index in [1.165, 1.54) is 4.57 Å². The van der Waals surface area contributed by atoms with E-state index in [0.29, 0.717) is 16.7 Å². The maximum Gasteiger partial charge on any atom is 0.305 e. The first-order chi connectivity index (χ1) is 12.1. The lowest BCUT2D eigenvalue weighted by molar-refractivity contribution is -0.137. The van der Waals surface area contributed by atoms with Gasteiger partial charge in [0.2, 0.25) is 0 Å². The number of benzene rings is 2. The number of fused-ring (bicyclic) bond motifs is 1. The average molecular weight is 334 g/mol. The fourth-order valence-electron chi connectivity index (χ4n) is 2.67. The van der Waals surface area contributed by atoms with Crippen molar-refractivity contribution in [2.75, 3.05) is 0 Å². The van der Waals surface area contributed by atoms with Crippen molar-refractivity contribution in [3.05, 3.63) is 75.8 Å². The Morgan fingerprint density at radius 1 is 1.12 bits per heavy atom. The van der Waals surface area contributed by atoms with Gasteiger partial charge in [-0.3, -0.25) is 14.2 Å². The molecule has 0 saturated carbocycles. The molecule has 0 aliphatic rings. The number of hydrogen-bond donors (Lipinski definition) is 1. The largest absolute Gasteiger partial charge is 0.481 e. The minimum Gasteiger partial charge on any atom is -0.481 e. The fraction of sp³-hybridized carbons (Fsp3) is 0.150. The first-order valence-electron chi connectivity index (χ1n) is 8.01. The van der Waals surface area contributed by atoms with Crippen LogP contribution in [0.2, 0.25) is 0 Å². The van der Waals surface area contributed by atoms with E-state index in [1.807, 2.05) is 43.3 Å². The van der Waals surface area contributed by atoms with Crippen LogP contribution in [0.3, 0.4) is 0 Å². The zero-order valence-electron chi connectivity index (χ0n) is 13.8. The van der Waals surface area contributed by atoms with Crippen LogP contribution in [0.25, 0.3) is 23.1 Å². The predicted octanol–water partition coefficient (Wildman–Crippen LogP) is 3.35. The molecule has 0 radical (unpaired) electrons. The molecule has 0 fully saturated rings. The van der Waals surface area contributed by atoms with Crippen LogP contribution in [0, 0.1) is 6.92 Å². The number of carbonyl (C=O) groups is 1. The summed E-state index contributed by atoms with van der Waals surface area (Å²) in [7, 11) is 0. The fourth-order valence-corrected chi connectivity index (χ4v) is 2.67. The smallest absolute Gasteiger partial charge is 0.305 e. The Bertz CT molecular complexity index is 1020. The summed E-state index contributed by atoms with van der Waals surface area (Å²) in [5.41, 5.74) is 2.51. The molecule has 1 aromatic heterocycles. The summed E-state index contributed by atoms with van der Waals surface area (Å²) in [6.45, 7) is 2.09. The topological polar surface area (TPSA) is 72.2 Å². The van der Waals surface area contributed by atoms with E-state index < -0.39 is 5.97 Å². The first-order valence-corrected chi connectivity index (χ1v) is 8.01. The van der Waals surface area contributed by atoms with E-state index in [2.05, 4.69) is 4.98 Å². The van der Waals surface area contributed by atoms with Crippen LogP contribution >= 0.6 is 0 Å². The molecule has 5 nitrogen and oxygen atoms in total. The Hall–Kier alpha value is -3.21. The average Bonchev–Trinajstić information content (AvgIpc) is 2.60. The van der Waals surface area contributed by atoms with Crippen LogP contribution in [0.1, 0.15) is 23.4 Å². The van der Waals surface area contributed by atoms with Crippen LogP contribution in [-0.4, -0.2) is 20.6 Å². The monoisotopic (exact) mass is 334 g/mol. The molecule has 2 aromatic carbocycles.